The number of carbonyl (C=O) groups is 1. The molecule has 1 heterocycles. The predicted octanol–water partition coefficient (Wildman–Crippen LogP) is 6.03. The molecule has 0 fully saturated rings. The maximum Gasteiger partial charge on any atom is 0.343 e. The van der Waals surface area contributed by atoms with Crippen molar-refractivity contribution in [2.75, 3.05) is 14.2 Å². The van der Waals surface area contributed by atoms with Crippen LogP contribution in [-0.4, -0.2) is 20.2 Å². The summed E-state index contributed by atoms with van der Waals surface area (Å²) in [5.41, 5.74) is 10.5. The van der Waals surface area contributed by atoms with E-state index < -0.39 is 11.9 Å². The Labute approximate surface area is 238 Å². The first-order valence-electron chi connectivity index (χ1n) is 12.8. The van der Waals surface area contributed by atoms with Gasteiger partial charge in [-0.25, -0.2) is 4.79 Å². The molecule has 1 atom stereocenters. The van der Waals surface area contributed by atoms with Crippen LogP contribution in [-0.2, 0) is 6.61 Å². The van der Waals surface area contributed by atoms with E-state index in [0.717, 1.165) is 11.1 Å². The van der Waals surface area contributed by atoms with Crippen LogP contribution in [0.3, 0.4) is 0 Å². The van der Waals surface area contributed by atoms with Crippen molar-refractivity contribution in [2.45, 2.75) is 19.4 Å². The van der Waals surface area contributed by atoms with Gasteiger partial charge in [-0.05, 0) is 60.5 Å². The van der Waals surface area contributed by atoms with E-state index in [4.69, 9.17) is 29.4 Å². The van der Waals surface area contributed by atoms with Crippen LogP contribution >= 0.6 is 0 Å². The zero-order chi connectivity index (χ0) is 28.9. The number of nitrogens with zero attached hydrogens (tertiary/aromatic N) is 1. The minimum absolute atomic E-state index is 0.0257. The number of hydrogen-bond donors (Lipinski definition) is 1. The second-order valence-electron chi connectivity index (χ2n) is 9.43. The van der Waals surface area contributed by atoms with Gasteiger partial charge in [-0.3, -0.25) is 0 Å². The lowest BCUT2D eigenvalue weighted by molar-refractivity contribution is 0.0734. The number of nitriles is 1. The Bertz CT molecular complexity index is 1650. The van der Waals surface area contributed by atoms with E-state index in [0.29, 0.717) is 40.7 Å². The van der Waals surface area contributed by atoms with Crippen molar-refractivity contribution >= 4 is 5.97 Å². The largest absolute Gasteiger partial charge is 0.497 e. The lowest BCUT2D eigenvalue weighted by atomic mass is 9.83. The van der Waals surface area contributed by atoms with Crippen LogP contribution in [0.2, 0.25) is 0 Å². The van der Waals surface area contributed by atoms with Crippen LogP contribution in [0, 0.1) is 18.3 Å². The summed E-state index contributed by atoms with van der Waals surface area (Å²) >= 11 is 0. The number of methoxy groups -OCH3 is 2. The van der Waals surface area contributed by atoms with E-state index in [1.807, 2.05) is 49.4 Å². The van der Waals surface area contributed by atoms with Gasteiger partial charge in [0.2, 0.25) is 5.88 Å². The fraction of sp³-hybridized carbons (Fsp3) is 0.152. The highest BCUT2D eigenvalue weighted by Gasteiger charge is 2.32. The fourth-order valence-electron chi connectivity index (χ4n) is 4.56. The maximum atomic E-state index is 12.7. The van der Waals surface area contributed by atoms with Crippen LogP contribution in [0.1, 0.15) is 38.5 Å². The molecular weight excluding hydrogens is 520 g/mol. The number of carbonyl (C=O) groups excluding carboxylic acids is 1. The Kier molecular flexibility index (Phi) is 7.79. The van der Waals surface area contributed by atoms with Crippen molar-refractivity contribution in [2.24, 2.45) is 5.73 Å². The van der Waals surface area contributed by atoms with Gasteiger partial charge in [0.1, 0.15) is 35.5 Å². The van der Waals surface area contributed by atoms with Crippen molar-refractivity contribution in [3.05, 3.63) is 124 Å². The standard InChI is InChI=1S/C33H28N2O6/c1-20-4-6-21(7-5-20)19-39-28-15-10-23(16-30(28)38-3)31-26-14-13-25(17-29(26)41-32(35)27(31)18-34)40-33(36)22-8-11-24(37-2)12-9-22/h4-17,31H,19,35H2,1-3H3. The molecule has 2 N–H and O–H groups in total. The highest BCUT2D eigenvalue weighted by atomic mass is 16.5. The molecule has 5 rings (SSSR count). The van der Waals surface area contributed by atoms with Crippen molar-refractivity contribution in [1.82, 2.24) is 0 Å². The van der Waals surface area contributed by atoms with Crippen LogP contribution < -0.4 is 29.4 Å². The summed E-state index contributed by atoms with van der Waals surface area (Å²) in [5.74, 6) is 1.28. The lowest BCUT2D eigenvalue weighted by Gasteiger charge is -2.27. The van der Waals surface area contributed by atoms with Crippen LogP contribution in [0.15, 0.2) is 96.4 Å². The number of aryl methyl sites for hydroxylation is 1. The van der Waals surface area contributed by atoms with E-state index in [-0.39, 0.29) is 17.2 Å². The van der Waals surface area contributed by atoms with Gasteiger partial charge in [-0.2, -0.15) is 5.26 Å². The second-order valence-corrected chi connectivity index (χ2v) is 9.43. The molecule has 4 aromatic carbocycles. The zero-order valence-electron chi connectivity index (χ0n) is 22.8. The highest BCUT2D eigenvalue weighted by Crippen LogP contribution is 2.45. The van der Waals surface area contributed by atoms with Gasteiger partial charge in [-0.1, -0.05) is 42.0 Å². The van der Waals surface area contributed by atoms with Crippen molar-refractivity contribution < 1.29 is 28.5 Å². The molecule has 0 amide bonds. The third-order valence-corrected chi connectivity index (χ3v) is 6.76. The van der Waals surface area contributed by atoms with Gasteiger partial charge in [0, 0.05) is 11.6 Å². The number of nitrogens with two attached hydrogens (primary N) is 1. The average molecular weight is 549 g/mol. The molecule has 41 heavy (non-hydrogen) atoms. The smallest absolute Gasteiger partial charge is 0.343 e. The number of hydrogen-bond acceptors (Lipinski definition) is 8. The number of esters is 1. The Hall–Kier alpha value is -5.42. The molecule has 0 bridgehead atoms. The van der Waals surface area contributed by atoms with Crippen molar-refractivity contribution in [3.63, 3.8) is 0 Å². The summed E-state index contributed by atoms with van der Waals surface area (Å²) in [6.07, 6.45) is 0. The number of fused-ring (bicyclic) bond motifs is 1. The van der Waals surface area contributed by atoms with Gasteiger partial charge < -0.3 is 29.4 Å². The minimum atomic E-state index is -0.535. The highest BCUT2D eigenvalue weighted by molar-refractivity contribution is 5.91. The monoisotopic (exact) mass is 548 g/mol. The summed E-state index contributed by atoms with van der Waals surface area (Å²) in [6, 6.07) is 27.4. The van der Waals surface area contributed by atoms with E-state index in [2.05, 4.69) is 6.07 Å². The molecule has 1 aliphatic heterocycles. The predicted molar refractivity (Wildman–Crippen MR) is 152 cm³/mol. The fourth-order valence-corrected chi connectivity index (χ4v) is 4.56. The molecule has 206 valence electrons. The van der Waals surface area contributed by atoms with Gasteiger partial charge in [0.25, 0.3) is 0 Å². The third-order valence-electron chi connectivity index (χ3n) is 6.76. The maximum absolute atomic E-state index is 12.7. The molecule has 0 aromatic heterocycles. The first-order chi connectivity index (χ1) is 19.9. The molecule has 0 saturated carbocycles. The third kappa shape index (κ3) is 5.80. The van der Waals surface area contributed by atoms with Crippen molar-refractivity contribution in [3.8, 4) is 34.8 Å². The van der Waals surface area contributed by atoms with Gasteiger partial charge in [-0.15, -0.1) is 0 Å². The summed E-state index contributed by atoms with van der Waals surface area (Å²) in [6.45, 7) is 2.41. The molecule has 4 aromatic rings. The number of ether oxygens (including phenoxy) is 5. The Morgan fingerprint density at radius 1 is 0.902 bits per heavy atom. The summed E-state index contributed by atoms with van der Waals surface area (Å²) in [5, 5.41) is 9.96. The molecule has 1 unspecified atom stereocenters. The minimum Gasteiger partial charge on any atom is -0.497 e. The first-order valence-corrected chi connectivity index (χ1v) is 12.8. The molecule has 1 aliphatic rings. The van der Waals surface area contributed by atoms with E-state index >= 15 is 0 Å². The topological polar surface area (TPSA) is 113 Å². The van der Waals surface area contributed by atoms with Gasteiger partial charge in [0.05, 0.1) is 25.7 Å². The van der Waals surface area contributed by atoms with Crippen LogP contribution in [0.4, 0.5) is 0 Å². The van der Waals surface area contributed by atoms with Crippen LogP contribution in [0.5, 0.6) is 28.7 Å². The lowest BCUT2D eigenvalue weighted by Crippen LogP contribution is -2.21. The van der Waals surface area contributed by atoms with Gasteiger partial charge in [0.15, 0.2) is 11.5 Å². The normalized spacial score (nSPS) is 13.9. The molecule has 8 heteroatoms. The quantitative estimate of drug-likeness (QED) is 0.210. The first kappa shape index (κ1) is 27.2. The SMILES string of the molecule is COc1ccc(C(=O)Oc2ccc3c(c2)OC(N)=C(C#N)C3c2ccc(OCc3ccc(C)cc3)c(OC)c2)cc1. The second kappa shape index (κ2) is 11.8. The molecule has 0 saturated heterocycles. The summed E-state index contributed by atoms with van der Waals surface area (Å²) in [7, 11) is 3.12. The van der Waals surface area contributed by atoms with Crippen LogP contribution in [0.25, 0.3) is 0 Å². The molecule has 0 radical (unpaired) electrons. The summed E-state index contributed by atoms with van der Waals surface area (Å²) in [4.78, 5) is 12.7. The van der Waals surface area contributed by atoms with Gasteiger partial charge >= 0.3 is 5.97 Å². The molecule has 8 nitrogen and oxygen atoms in total. The zero-order valence-corrected chi connectivity index (χ0v) is 22.8. The van der Waals surface area contributed by atoms with E-state index in [9.17, 15) is 10.1 Å². The average Bonchev–Trinajstić information content (AvgIpc) is 3.00. The number of benzene rings is 4. The number of allylic oxidation sites excluding steroid dienone is 1. The Balaban J connectivity index is 1.41. The Morgan fingerprint density at radius 2 is 1.63 bits per heavy atom. The molecular formula is C33H28N2O6. The van der Waals surface area contributed by atoms with Crippen molar-refractivity contribution in [1.29, 1.82) is 5.26 Å². The van der Waals surface area contributed by atoms with E-state index in [1.54, 1.807) is 56.7 Å². The Morgan fingerprint density at radius 3 is 2.32 bits per heavy atom. The summed E-state index contributed by atoms with van der Waals surface area (Å²) < 4.78 is 28.2. The molecule has 0 spiro atoms. The van der Waals surface area contributed by atoms with E-state index in [1.165, 1.54) is 5.56 Å². The molecule has 0 aliphatic carbocycles. The number of rotatable bonds is 8.